The summed E-state index contributed by atoms with van der Waals surface area (Å²) in [5.41, 5.74) is -5.29. The molecule has 0 amide bonds. The molecule has 6 aliphatic rings. The molecule has 2 aliphatic heterocycles. The van der Waals surface area contributed by atoms with Gasteiger partial charge in [-0.15, -0.1) is 0 Å². The van der Waals surface area contributed by atoms with Crippen molar-refractivity contribution in [3.63, 3.8) is 0 Å². The number of rotatable bonds is 0. The van der Waals surface area contributed by atoms with Crippen LogP contribution in [0.15, 0.2) is 24.3 Å². The second kappa shape index (κ2) is 3.82. The van der Waals surface area contributed by atoms with Crippen molar-refractivity contribution in [3.05, 3.63) is 24.3 Å². The minimum absolute atomic E-state index is 0.399. The average Bonchev–Trinajstić information content (AvgIpc) is 3.28. The molecular weight excluding hydrogens is 346 g/mol. The smallest absolute Gasteiger partial charge is 0.348 e. The fourth-order valence-electron chi connectivity index (χ4n) is 7.85. The highest BCUT2D eigenvalue weighted by Crippen LogP contribution is 2.82. The number of fused-ring (bicyclic) bond motifs is 16. The normalized spacial score (nSPS) is 59.9. The summed E-state index contributed by atoms with van der Waals surface area (Å²) in [5, 5.41) is 0. The standard InChI is InChI=1S/C18H16F6O/c19-17(20,21)15-11-7-1-2-8(5-7)12(11)16(25-15,18(22,23)24)14-10-4-3-9(6-10)13(14)15/h1-4,7-14H,5-6H2/t7-,8+,9+,10-,11+,12-,13-,14+,15?,16?. The summed E-state index contributed by atoms with van der Waals surface area (Å²) < 4.78 is 91.7. The quantitative estimate of drug-likeness (QED) is 0.455. The number of hydrogen-bond donors (Lipinski definition) is 0. The number of alkyl halides is 6. The predicted octanol–water partition coefficient (Wildman–Crippen LogP) is 4.51. The van der Waals surface area contributed by atoms with Gasteiger partial charge in [0.15, 0.2) is 11.2 Å². The molecule has 1 nitrogen and oxygen atoms in total. The fourth-order valence-corrected chi connectivity index (χ4v) is 7.85. The van der Waals surface area contributed by atoms with Crippen molar-refractivity contribution >= 4 is 0 Å². The van der Waals surface area contributed by atoms with E-state index in [-0.39, 0.29) is 0 Å². The monoisotopic (exact) mass is 362 g/mol. The SMILES string of the molecule is FC(F)(F)C12OC(C(F)(F)F)([C@@H]3[C@H]1[C@H]1C=C[C@@H]3C1)[C@H]1[C@@H]2[C@@H]2C=C[C@H]1C2. The van der Waals surface area contributed by atoms with Crippen LogP contribution in [0.25, 0.3) is 0 Å². The number of halogens is 6. The van der Waals surface area contributed by atoms with Crippen molar-refractivity contribution < 1.29 is 31.1 Å². The van der Waals surface area contributed by atoms with Gasteiger partial charge in [0.25, 0.3) is 0 Å². The second-order valence-corrected chi connectivity index (χ2v) is 8.68. The molecule has 6 bridgehead atoms. The van der Waals surface area contributed by atoms with Crippen LogP contribution in [0.2, 0.25) is 0 Å². The van der Waals surface area contributed by atoms with Crippen LogP contribution in [-0.2, 0) is 4.74 Å². The molecule has 4 aliphatic carbocycles. The molecular formula is C18H16F6O. The molecule has 0 aromatic heterocycles. The van der Waals surface area contributed by atoms with Crippen LogP contribution < -0.4 is 0 Å². The van der Waals surface area contributed by atoms with Gasteiger partial charge in [-0.3, -0.25) is 0 Å². The maximum atomic E-state index is 14.4. The Bertz CT molecular complexity index is 622. The van der Waals surface area contributed by atoms with Gasteiger partial charge in [-0.1, -0.05) is 24.3 Å². The first kappa shape index (κ1) is 15.1. The van der Waals surface area contributed by atoms with Gasteiger partial charge in [0, 0.05) is 23.7 Å². The van der Waals surface area contributed by atoms with Crippen LogP contribution in [0.5, 0.6) is 0 Å². The van der Waals surface area contributed by atoms with Crippen LogP contribution in [0, 0.1) is 47.3 Å². The van der Waals surface area contributed by atoms with Crippen molar-refractivity contribution in [2.75, 3.05) is 0 Å². The van der Waals surface area contributed by atoms with Gasteiger partial charge in [0.2, 0.25) is 0 Å². The Morgan fingerprint density at radius 2 is 0.880 bits per heavy atom. The summed E-state index contributed by atoms with van der Waals surface area (Å²) in [5.74, 6) is -6.21. The van der Waals surface area contributed by atoms with Crippen LogP contribution in [0.1, 0.15) is 12.8 Å². The van der Waals surface area contributed by atoms with E-state index in [0.717, 1.165) is 0 Å². The Morgan fingerprint density at radius 1 is 0.600 bits per heavy atom. The van der Waals surface area contributed by atoms with Gasteiger partial charge in [-0.05, 0) is 36.5 Å². The first-order valence-electron chi connectivity index (χ1n) is 8.83. The molecule has 2 saturated carbocycles. The molecule has 4 fully saturated rings. The van der Waals surface area contributed by atoms with E-state index in [4.69, 9.17) is 4.74 Å². The maximum Gasteiger partial charge on any atom is 0.418 e. The minimum Gasteiger partial charge on any atom is -0.348 e. The Kier molecular flexibility index (Phi) is 2.31. The lowest BCUT2D eigenvalue weighted by Gasteiger charge is -2.49. The van der Waals surface area contributed by atoms with E-state index in [9.17, 15) is 26.3 Å². The van der Waals surface area contributed by atoms with Gasteiger partial charge in [-0.2, -0.15) is 26.3 Å². The lowest BCUT2D eigenvalue weighted by atomic mass is 9.52. The highest BCUT2D eigenvalue weighted by atomic mass is 19.4. The third kappa shape index (κ3) is 1.28. The number of hydrogen-bond acceptors (Lipinski definition) is 1. The van der Waals surface area contributed by atoms with Gasteiger partial charge in [0.05, 0.1) is 0 Å². The van der Waals surface area contributed by atoms with Crippen LogP contribution in [-0.4, -0.2) is 23.6 Å². The highest BCUT2D eigenvalue weighted by molar-refractivity contribution is 5.39. The van der Waals surface area contributed by atoms with E-state index in [1.165, 1.54) is 0 Å². The summed E-state index contributed by atoms with van der Waals surface area (Å²) in [6.45, 7) is 0. The molecule has 25 heavy (non-hydrogen) atoms. The Labute approximate surface area is 140 Å². The second-order valence-electron chi connectivity index (χ2n) is 8.68. The molecule has 7 heteroatoms. The summed E-state index contributed by atoms with van der Waals surface area (Å²) in [6, 6.07) is 0. The molecule has 0 aromatic carbocycles. The first-order valence-corrected chi connectivity index (χ1v) is 8.83. The lowest BCUT2D eigenvalue weighted by molar-refractivity contribution is -0.328. The topological polar surface area (TPSA) is 9.23 Å². The van der Waals surface area contributed by atoms with Crippen molar-refractivity contribution in [3.8, 4) is 0 Å². The van der Waals surface area contributed by atoms with Crippen molar-refractivity contribution in [2.45, 2.75) is 36.4 Å². The Hall–Kier alpha value is -0.980. The van der Waals surface area contributed by atoms with E-state index in [1.54, 1.807) is 24.3 Å². The average molecular weight is 362 g/mol. The molecule has 10 atom stereocenters. The van der Waals surface area contributed by atoms with E-state index in [1.807, 2.05) is 0 Å². The molecule has 0 aromatic rings. The van der Waals surface area contributed by atoms with Gasteiger partial charge < -0.3 is 4.74 Å². The predicted molar refractivity (Wildman–Crippen MR) is 74.1 cm³/mol. The zero-order valence-corrected chi connectivity index (χ0v) is 13.0. The fraction of sp³-hybridized carbons (Fsp3) is 0.778. The van der Waals surface area contributed by atoms with E-state index in [2.05, 4.69) is 0 Å². The number of ether oxygens (including phenoxy) is 1. The zero-order chi connectivity index (χ0) is 17.6. The summed E-state index contributed by atoms with van der Waals surface area (Å²) in [7, 11) is 0. The van der Waals surface area contributed by atoms with Gasteiger partial charge in [-0.25, -0.2) is 0 Å². The molecule has 0 radical (unpaired) electrons. The third-order valence-electron chi connectivity index (χ3n) is 8.12. The Balaban J connectivity index is 1.66. The first-order chi connectivity index (χ1) is 11.6. The lowest BCUT2D eigenvalue weighted by Crippen LogP contribution is -2.62. The number of allylic oxidation sites excluding steroid dienone is 4. The molecule has 136 valence electrons. The van der Waals surface area contributed by atoms with E-state index < -0.39 is 70.9 Å². The van der Waals surface area contributed by atoms with Crippen LogP contribution in [0.3, 0.4) is 0 Å². The van der Waals surface area contributed by atoms with Crippen molar-refractivity contribution in [2.24, 2.45) is 47.3 Å². The largest absolute Gasteiger partial charge is 0.418 e. The molecule has 6 rings (SSSR count). The summed E-state index contributed by atoms with van der Waals surface area (Å²) >= 11 is 0. The van der Waals surface area contributed by atoms with Crippen molar-refractivity contribution in [1.82, 2.24) is 0 Å². The summed E-state index contributed by atoms with van der Waals surface area (Å²) in [6.07, 6.45) is -1.99. The van der Waals surface area contributed by atoms with E-state index in [0.29, 0.717) is 12.8 Å². The molecule has 0 N–H and O–H groups in total. The van der Waals surface area contributed by atoms with Gasteiger partial charge in [0.1, 0.15) is 0 Å². The Morgan fingerprint density at radius 3 is 1.12 bits per heavy atom. The maximum absolute atomic E-state index is 14.4. The van der Waals surface area contributed by atoms with Crippen LogP contribution in [0.4, 0.5) is 26.3 Å². The van der Waals surface area contributed by atoms with Crippen LogP contribution >= 0.6 is 0 Å². The highest BCUT2D eigenvalue weighted by Gasteiger charge is 2.93. The third-order valence-corrected chi connectivity index (χ3v) is 8.12. The molecule has 0 spiro atoms. The van der Waals surface area contributed by atoms with Crippen molar-refractivity contribution in [1.29, 1.82) is 0 Å². The molecule has 2 saturated heterocycles. The minimum atomic E-state index is -4.79. The molecule has 2 unspecified atom stereocenters. The van der Waals surface area contributed by atoms with E-state index >= 15 is 0 Å². The van der Waals surface area contributed by atoms with Gasteiger partial charge >= 0.3 is 12.4 Å². The summed E-state index contributed by atoms with van der Waals surface area (Å²) in [4.78, 5) is 0. The molecule has 2 heterocycles. The zero-order valence-electron chi connectivity index (χ0n) is 13.0.